The fraction of sp³-hybridized carbons (Fsp3) is 0.533. The van der Waals surface area contributed by atoms with E-state index in [1.54, 1.807) is 0 Å². The van der Waals surface area contributed by atoms with Crippen LogP contribution in [0.1, 0.15) is 32.8 Å². The second kappa shape index (κ2) is 5.51. The van der Waals surface area contributed by atoms with Gasteiger partial charge in [-0.3, -0.25) is 4.79 Å². The first-order chi connectivity index (χ1) is 9.04. The molecule has 0 spiro atoms. The molecule has 2 atom stereocenters. The highest BCUT2D eigenvalue weighted by Gasteiger charge is 2.28. The number of rotatable bonds is 4. The molecule has 4 heteroatoms. The summed E-state index contributed by atoms with van der Waals surface area (Å²) >= 11 is 0. The van der Waals surface area contributed by atoms with Crippen LogP contribution in [0.25, 0.3) is 0 Å². The summed E-state index contributed by atoms with van der Waals surface area (Å²) in [6.45, 7) is 6.91. The summed E-state index contributed by atoms with van der Waals surface area (Å²) in [6.07, 6.45) is 1.87. The van der Waals surface area contributed by atoms with E-state index < -0.39 is 0 Å². The third-order valence-corrected chi connectivity index (χ3v) is 3.95. The van der Waals surface area contributed by atoms with Crippen LogP contribution >= 0.6 is 0 Å². The third-order valence-electron chi connectivity index (χ3n) is 3.95. The Hall–Kier alpha value is -1.71. The van der Waals surface area contributed by atoms with E-state index in [1.165, 1.54) is 5.56 Å². The smallest absolute Gasteiger partial charge is 0.242 e. The lowest BCUT2D eigenvalue weighted by Crippen LogP contribution is -2.47. The highest BCUT2D eigenvalue weighted by molar-refractivity contribution is 5.86. The van der Waals surface area contributed by atoms with Gasteiger partial charge in [-0.25, -0.2) is 0 Å². The van der Waals surface area contributed by atoms with Crippen LogP contribution in [-0.4, -0.2) is 24.5 Å². The first kappa shape index (κ1) is 13.7. The molecule has 19 heavy (non-hydrogen) atoms. The summed E-state index contributed by atoms with van der Waals surface area (Å²) in [4.78, 5) is 14.4. The molecule has 0 saturated heterocycles. The Labute approximate surface area is 115 Å². The standard InChI is InChI=1S/C15H23N3O/c1-4-10(2)17-15(19)11(3)18-9-8-12-13(16)6-5-7-14(12)18/h5-7,10-11H,4,8-9,16H2,1-3H3,(H,17,19). The molecular formula is C15H23N3O. The van der Waals surface area contributed by atoms with Gasteiger partial charge in [0.15, 0.2) is 0 Å². The van der Waals surface area contributed by atoms with Crippen LogP contribution in [0.4, 0.5) is 11.4 Å². The summed E-state index contributed by atoms with van der Waals surface area (Å²) < 4.78 is 0. The van der Waals surface area contributed by atoms with Gasteiger partial charge in [-0.2, -0.15) is 0 Å². The number of carbonyl (C=O) groups is 1. The van der Waals surface area contributed by atoms with E-state index in [4.69, 9.17) is 5.73 Å². The highest BCUT2D eigenvalue weighted by atomic mass is 16.2. The van der Waals surface area contributed by atoms with E-state index in [0.29, 0.717) is 0 Å². The number of benzene rings is 1. The number of nitrogen functional groups attached to an aromatic ring is 1. The Morgan fingerprint density at radius 2 is 2.21 bits per heavy atom. The first-order valence-corrected chi connectivity index (χ1v) is 6.99. The van der Waals surface area contributed by atoms with Gasteiger partial charge in [0.1, 0.15) is 6.04 Å². The molecule has 0 fully saturated rings. The van der Waals surface area contributed by atoms with Crippen molar-refractivity contribution in [2.24, 2.45) is 0 Å². The van der Waals surface area contributed by atoms with Crippen LogP contribution in [-0.2, 0) is 11.2 Å². The molecule has 1 heterocycles. The molecule has 1 aromatic rings. The van der Waals surface area contributed by atoms with Gasteiger partial charge in [0, 0.05) is 29.5 Å². The first-order valence-electron chi connectivity index (χ1n) is 6.99. The molecule has 0 radical (unpaired) electrons. The third kappa shape index (κ3) is 2.67. The molecule has 2 unspecified atom stereocenters. The van der Waals surface area contributed by atoms with Gasteiger partial charge in [-0.05, 0) is 38.8 Å². The zero-order chi connectivity index (χ0) is 14.0. The average molecular weight is 261 g/mol. The number of fused-ring (bicyclic) bond motifs is 1. The normalized spacial score (nSPS) is 16.9. The maximum Gasteiger partial charge on any atom is 0.242 e. The van der Waals surface area contributed by atoms with Crippen LogP contribution in [0.15, 0.2) is 18.2 Å². The lowest BCUT2D eigenvalue weighted by molar-refractivity contribution is -0.122. The second-order valence-electron chi connectivity index (χ2n) is 5.28. The molecule has 1 aliphatic rings. The average Bonchev–Trinajstić information content (AvgIpc) is 2.82. The van der Waals surface area contributed by atoms with Crippen molar-refractivity contribution in [2.45, 2.75) is 45.7 Å². The molecule has 0 saturated carbocycles. The molecule has 0 aromatic heterocycles. The van der Waals surface area contributed by atoms with Gasteiger partial charge in [-0.1, -0.05) is 13.0 Å². The number of nitrogens with two attached hydrogens (primary N) is 1. The Morgan fingerprint density at radius 3 is 2.89 bits per heavy atom. The fourth-order valence-electron chi connectivity index (χ4n) is 2.50. The Morgan fingerprint density at radius 1 is 1.47 bits per heavy atom. The van der Waals surface area contributed by atoms with E-state index in [-0.39, 0.29) is 18.0 Å². The van der Waals surface area contributed by atoms with Gasteiger partial charge >= 0.3 is 0 Å². The molecule has 1 aliphatic heterocycles. The van der Waals surface area contributed by atoms with Crippen molar-refractivity contribution in [3.63, 3.8) is 0 Å². The Bertz CT molecular complexity index is 472. The van der Waals surface area contributed by atoms with Crippen LogP contribution in [0, 0.1) is 0 Å². The largest absolute Gasteiger partial charge is 0.398 e. The van der Waals surface area contributed by atoms with Crippen LogP contribution in [0.5, 0.6) is 0 Å². The monoisotopic (exact) mass is 261 g/mol. The van der Waals surface area contributed by atoms with Crippen molar-refractivity contribution in [1.29, 1.82) is 0 Å². The maximum atomic E-state index is 12.2. The minimum absolute atomic E-state index is 0.0876. The van der Waals surface area contributed by atoms with Gasteiger partial charge < -0.3 is 16.0 Å². The fourth-order valence-corrected chi connectivity index (χ4v) is 2.50. The van der Waals surface area contributed by atoms with Crippen molar-refractivity contribution in [1.82, 2.24) is 5.32 Å². The van der Waals surface area contributed by atoms with Crippen LogP contribution in [0.3, 0.4) is 0 Å². The number of amides is 1. The predicted octanol–water partition coefficient (Wildman–Crippen LogP) is 1.93. The van der Waals surface area contributed by atoms with E-state index in [2.05, 4.69) is 17.1 Å². The molecule has 3 N–H and O–H groups in total. The quantitative estimate of drug-likeness (QED) is 0.814. The number of hydrogen-bond acceptors (Lipinski definition) is 3. The van der Waals surface area contributed by atoms with Crippen molar-refractivity contribution < 1.29 is 4.79 Å². The summed E-state index contributed by atoms with van der Waals surface area (Å²) in [5.74, 6) is 0.0876. The Balaban J connectivity index is 2.13. The summed E-state index contributed by atoms with van der Waals surface area (Å²) in [5, 5.41) is 3.04. The number of nitrogens with one attached hydrogen (secondary N) is 1. The number of nitrogens with zero attached hydrogens (tertiary/aromatic N) is 1. The van der Waals surface area contributed by atoms with Gasteiger partial charge in [-0.15, -0.1) is 0 Å². The zero-order valence-electron chi connectivity index (χ0n) is 11.9. The van der Waals surface area contributed by atoms with Crippen molar-refractivity contribution in [3.05, 3.63) is 23.8 Å². The Kier molecular flexibility index (Phi) is 3.98. The summed E-state index contributed by atoms with van der Waals surface area (Å²) in [5.41, 5.74) is 9.09. The zero-order valence-corrected chi connectivity index (χ0v) is 11.9. The van der Waals surface area contributed by atoms with Crippen molar-refractivity contribution >= 4 is 17.3 Å². The minimum atomic E-state index is -0.156. The van der Waals surface area contributed by atoms with Crippen LogP contribution in [0.2, 0.25) is 0 Å². The lowest BCUT2D eigenvalue weighted by atomic mass is 10.1. The topological polar surface area (TPSA) is 58.4 Å². The molecule has 104 valence electrons. The van der Waals surface area contributed by atoms with E-state index in [1.807, 2.05) is 32.0 Å². The predicted molar refractivity (Wildman–Crippen MR) is 79.3 cm³/mol. The number of hydrogen-bond donors (Lipinski definition) is 2. The SMILES string of the molecule is CCC(C)NC(=O)C(C)N1CCc2c(N)cccc21. The molecule has 1 amide bonds. The summed E-state index contributed by atoms with van der Waals surface area (Å²) in [6, 6.07) is 5.99. The lowest BCUT2D eigenvalue weighted by Gasteiger charge is -2.27. The highest BCUT2D eigenvalue weighted by Crippen LogP contribution is 2.33. The van der Waals surface area contributed by atoms with Crippen molar-refractivity contribution in [2.75, 3.05) is 17.2 Å². The van der Waals surface area contributed by atoms with Gasteiger partial charge in [0.05, 0.1) is 0 Å². The van der Waals surface area contributed by atoms with Crippen molar-refractivity contribution in [3.8, 4) is 0 Å². The van der Waals surface area contributed by atoms with Gasteiger partial charge in [0.25, 0.3) is 0 Å². The number of anilines is 2. The molecule has 2 rings (SSSR count). The van der Waals surface area contributed by atoms with E-state index in [0.717, 1.165) is 30.8 Å². The number of carbonyl (C=O) groups excluding carboxylic acids is 1. The maximum absolute atomic E-state index is 12.2. The summed E-state index contributed by atoms with van der Waals surface area (Å²) in [7, 11) is 0. The second-order valence-corrected chi connectivity index (χ2v) is 5.28. The molecule has 0 aliphatic carbocycles. The van der Waals surface area contributed by atoms with E-state index in [9.17, 15) is 4.79 Å². The minimum Gasteiger partial charge on any atom is -0.398 e. The van der Waals surface area contributed by atoms with Crippen LogP contribution < -0.4 is 16.0 Å². The molecule has 4 nitrogen and oxygen atoms in total. The molecule has 1 aromatic carbocycles. The van der Waals surface area contributed by atoms with E-state index >= 15 is 0 Å². The van der Waals surface area contributed by atoms with Gasteiger partial charge in [0.2, 0.25) is 5.91 Å². The molecular weight excluding hydrogens is 238 g/mol. The molecule has 0 bridgehead atoms.